The van der Waals surface area contributed by atoms with Crippen molar-refractivity contribution in [1.29, 1.82) is 0 Å². The van der Waals surface area contributed by atoms with Crippen LogP contribution in [-0.2, 0) is 13.1 Å². The van der Waals surface area contributed by atoms with Gasteiger partial charge in [0.25, 0.3) is 0 Å². The number of likely N-dealkylation sites (tertiary alicyclic amines) is 1. The molecule has 0 amide bonds. The summed E-state index contributed by atoms with van der Waals surface area (Å²) in [5.74, 6) is 0.344. The standard InChI is InChI=1S/C23H22F2N6/c1-14-21-23(28-15(2)27-14)31(22(29-21)18-9-19(24)11-26-10-18)13-17-5-4-16(8-20(17)25)12-30-6-3-7-30/h4-5,8-11H,3,6-7,12-13H2,1-2H3. The molecule has 158 valence electrons. The molecule has 0 unspecified atom stereocenters. The predicted octanol–water partition coefficient (Wildman–Crippen LogP) is 4.04. The fraction of sp³-hybridized carbons (Fsp3) is 0.304. The Bertz CT molecular complexity index is 1280. The van der Waals surface area contributed by atoms with Crippen molar-refractivity contribution < 1.29 is 8.78 Å². The monoisotopic (exact) mass is 420 g/mol. The number of aromatic nitrogens is 5. The Morgan fingerprint density at radius 1 is 0.968 bits per heavy atom. The van der Waals surface area contributed by atoms with Crippen molar-refractivity contribution in [2.24, 2.45) is 0 Å². The number of imidazole rings is 1. The molecule has 0 aliphatic carbocycles. The van der Waals surface area contributed by atoms with Gasteiger partial charge in [-0.05, 0) is 51.1 Å². The number of hydrogen-bond acceptors (Lipinski definition) is 5. The van der Waals surface area contributed by atoms with Gasteiger partial charge in [-0.2, -0.15) is 0 Å². The molecule has 1 saturated heterocycles. The largest absolute Gasteiger partial charge is 0.304 e. The third-order valence-corrected chi connectivity index (χ3v) is 5.64. The summed E-state index contributed by atoms with van der Waals surface area (Å²) in [4.78, 5) is 19.8. The summed E-state index contributed by atoms with van der Waals surface area (Å²) in [6.07, 6.45) is 3.89. The molecule has 0 N–H and O–H groups in total. The lowest BCUT2D eigenvalue weighted by Crippen LogP contribution is -2.36. The molecule has 8 heteroatoms. The summed E-state index contributed by atoms with van der Waals surface area (Å²) in [6, 6.07) is 6.74. The maximum atomic E-state index is 15.0. The van der Waals surface area contributed by atoms with Crippen molar-refractivity contribution >= 4 is 11.2 Å². The highest BCUT2D eigenvalue weighted by Crippen LogP contribution is 2.27. The molecule has 6 nitrogen and oxygen atoms in total. The summed E-state index contributed by atoms with van der Waals surface area (Å²) < 4.78 is 30.7. The fourth-order valence-corrected chi connectivity index (χ4v) is 3.96. The first-order chi connectivity index (χ1) is 15.0. The topological polar surface area (TPSA) is 59.7 Å². The maximum Gasteiger partial charge on any atom is 0.164 e. The van der Waals surface area contributed by atoms with E-state index in [4.69, 9.17) is 0 Å². The van der Waals surface area contributed by atoms with E-state index in [1.165, 1.54) is 12.5 Å². The average molecular weight is 420 g/mol. The van der Waals surface area contributed by atoms with Crippen LogP contribution in [0.3, 0.4) is 0 Å². The Morgan fingerprint density at radius 2 is 1.81 bits per heavy atom. The second-order valence-electron chi connectivity index (χ2n) is 8.00. The van der Waals surface area contributed by atoms with E-state index in [9.17, 15) is 4.39 Å². The smallest absolute Gasteiger partial charge is 0.164 e. The number of rotatable bonds is 5. The highest BCUT2D eigenvalue weighted by molar-refractivity contribution is 5.79. The summed E-state index contributed by atoms with van der Waals surface area (Å²) in [5.41, 5.74) is 3.90. The van der Waals surface area contributed by atoms with Gasteiger partial charge in [0.1, 0.15) is 28.8 Å². The molecule has 0 saturated carbocycles. The first-order valence-corrected chi connectivity index (χ1v) is 10.3. The van der Waals surface area contributed by atoms with Gasteiger partial charge in [0.2, 0.25) is 0 Å². The molecule has 5 rings (SSSR count). The second kappa shape index (κ2) is 7.77. The van der Waals surface area contributed by atoms with Gasteiger partial charge in [-0.1, -0.05) is 12.1 Å². The zero-order valence-corrected chi connectivity index (χ0v) is 17.4. The van der Waals surface area contributed by atoms with Gasteiger partial charge < -0.3 is 4.57 Å². The molecule has 0 radical (unpaired) electrons. The number of halogens is 2. The van der Waals surface area contributed by atoms with Crippen molar-refractivity contribution in [2.45, 2.75) is 33.4 Å². The first kappa shape index (κ1) is 19.7. The van der Waals surface area contributed by atoms with E-state index in [1.54, 1.807) is 23.8 Å². The minimum Gasteiger partial charge on any atom is -0.304 e. The van der Waals surface area contributed by atoms with Crippen LogP contribution in [0.2, 0.25) is 0 Å². The Balaban J connectivity index is 1.59. The Morgan fingerprint density at radius 3 is 2.52 bits per heavy atom. The number of nitrogens with zero attached hydrogens (tertiary/aromatic N) is 6. The summed E-state index contributed by atoms with van der Waals surface area (Å²) >= 11 is 0. The number of pyridine rings is 1. The number of benzene rings is 1. The number of aryl methyl sites for hydroxylation is 2. The molecule has 31 heavy (non-hydrogen) atoms. The third-order valence-electron chi connectivity index (χ3n) is 5.64. The Hall–Kier alpha value is -3.26. The SMILES string of the molecule is Cc1nc(C)c2nc(-c3cncc(F)c3)n(Cc3ccc(CN4CCC4)cc3F)c2n1. The highest BCUT2D eigenvalue weighted by atomic mass is 19.1. The Labute approximate surface area is 178 Å². The molecular weight excluding hydrogens is 398 g/mol. The van der Waals surface area contributed by atoms with Crippen LogP contribution >= 0.6 is 0 Å². The van der Waals surface area contributed by atoms with E-state index >= 15 is 4.39 Å². The number of fused-ring (bicyclic) bond motifs is 1. The van der Waals surface area contributed by atoms with Crippen molar-refractivity contribution in [3.63, 3.8) is 0 Å². The minimum absolute atomic E-state index is 0.216. The van der Waals surface area contributed by atoms with E-state index in [2.05, 4.69) is 24.8 Å². The predicted molar refractivity (Wildman–Crippen MR) is 113 cm³/mol. The lowest BCUT2D eigenvalue weighted by Gasteiger charge is -2.30. The molecule has 4 aromatic rings. The van der Waals surface area contributed by atoms with E-state index in [0.29, 0.717) is 33.9 Å². The van der Waals surface area contributed by atoms with Crippen LogP contribution in [0, 0.1) is 25.5 Å². The number of hydrogen-bond donors (Lipinski definition) is 0. The van der Waals surface area contributed by atoms with Gasteiger partial charge in [-0.3, -0.25) is 9.88 Å². The van der Waals surface area contributed by atoms with Crippen LogP contribution in [0.15, 0.2) is 36.7 Å². The first-order valence-electron chi connectivity index (χ1n) is 10.3. The lowest BCUT2D eigenvalue weighted by molar-refractivity contribution is 0.172. The zero-order chi connectivity index (χ0) is 21.5. The normalized spacial score (nSPS) is 14.2. The van der Waals surface area contributed by atoms with Crippen molar-refractivity contribution in [1.82, 2.24) is 29.4 Å². The Kier molecular flexibility index (Phi) is 4.94. The van der Waals surface area contributed by atoms with E-state index in [1.807, 2.05) is 19.1 Å². The summed E-state index contributed by atoms with van der Waals surface area (Å²) in [7, 11) is 0. The van der Waals surface area contributed by atoms with Gasteiger partial charge in [-0.15, -0.1) is 0 Å². The van der Waals surface area contributed by atoms with E-state index in [-0.39, 0.29) is 12.4 Å². The summed E-state index contributed by atoms with van der Waals surface area (Å²) in [6.45, 7) is 6.76. The molecule has 4 heterocycles. The van der Waals surface area contributed by atoms with Gasteiger partial charge >= 0.3 is 0 Å². The molecule has 0 atom stereocenters. The van der Waals surface area contributed by atoms with Gasteiger partial charge in [0.05, 0.1) is 18.4 Å². The summed E-state index contributed by atoms with van der Waals surface area (Å²) in [5, 5.41) is 0. The molecule has 1 aromatic carbocycles. The van der Waals surface area contributed by atoms with Crippen LogP contribution in [0.25, 0.3) is 22.6 Å². The van der Waals surface area contributed by atoms with Crippen LogP contribution in [0.4, 0.5) is 8.78 Å². The lowest BCUT2D eigenvalue weighted by atomic mass is 10.1. The van der Waals surface area contributed by atoms with Crippen LogP contribution < -0.4 is 0 Å². The van der Waals surface area contributed by atoms with E-state index < -0.39 is 5.82 Å². The van der Waals surface area contributed by atoms with Crippen LogP contribution in [0.1, 0.15) is 29.1 Å². The minimum atomic E-state index is -0.461. The molecule has 0 spiro atoms. The van der Waals surface area contributed by atoms with E-state index in [0.717, 1.165) is 37.1 Å². The molecule has 3 aromatic heterocycles. The van der Waals surface area contributed by atoms with Crippen LogP contribution in [0.5, 0.6) is 0 Å². The molecular formula is C23H22F2N6. The molecule has 1 aliphatic rings. The van der Waals surface area contributed by atoms with Gasteiger partial charge in [0, 0.05) is 23.9 Å². The maximum absolute atomic E-state index is 15.0. The molecule has 1 fully saturated rings. The third kappa shape index (κ3) is 3.79. The van der Waals surface area contributed by atoms with Gasteiger partial charge in [0.15, 0.2) is 5.65 Å². The second-order valence-corrected chi connectivity index (χ2v) is 8.00. The van der Waals surface area contributed by atoms with Crippen LogP contribution in [-0.4, -0.2) is 42.5 Å². The molecule has 0 bridgehead atoms. The highest BCUT2D eigenvalue weighted by Gasteiger charge is 2.20. The quantitative estimate of drug-likeness (QED) is 0.488. The zero-order valence-electron chi connectivity index (χ0n) is 17.4. The van der Waals surface area contributed by atoms with Crippen molar-refractivity contribution in [2.75, 3.05) is 13.1 Å². The average Bonchev–Trinajstić information content (AvgIpc) is 3.05. The van der Waals surface area contributed by atoms with Gasteiger partial charge in [-0.25, -0.2) is 23.7 Å². The fourth-order valence-electron chi connectivity index (χ4n) is 3.96. The van der Waals surface area contributed by atoms with Crippen molar-refractivity contribution in [3.8, 4) is 11.4 Å². The van der Waals surface area contributed by atoms with Crippen molar-refractivity contribution in [3.05, 3.63) is 70.9 Å². The molecule has 1 aliphatic heterocycles.